The molecule has 0 aliphatic heterocycles. The summed E-state index contributed by atoms with van der Waals surface area (Å²) in [6.07, 6.45) is 4.92. The van der Waals surface area contributed by atoms with Crippen LogP contribution in [0.25, 0.3) is 0 Å². The van der Waals surface area contributed by atoms with Crippen LogP contribution in [0.2, 0.25) is 0 Å². The number of aliphatic carboxylic acids is 1. The number of carbonyl (C=O) groups excluding carboxylic acids is 1. The van der Waals surface area contributed by atoms with E-state index in [0.717, 1.165) is 32.3 Å². The quantitative estimate of drug-likeness (QED) is 0.727. The van der Waals surface area contributed by atoms with Gasteiger partial charge in [0.25, 0.3) is 0 Å². The Bertz CT molecular complexity index is 334. The van der Waals surface area contributed by atoms with Gasteiger partial charge in [-0.3, -0.25) is 9.59 Å². The summed E-state index contributed by atoms with van der Waals surface area (Å²) in [7, 11) is 0. The summed E-state index contributed by atoms with van der Waals surface area (Å²) in [4.78, 5) is 24.6. The average molecular weight is 269 g/mol. The summed E-state index contributed by atoms with van der Waals surface area (Å²) in [5.74, 6) is -0.280. The zero-order valence-electron chi connectivity index (χ0n) is 11.5. The molecule has 19 heavy (non-hydrogen) atoms. The van der Waals surface area contributed by atoms with Crippen molar-refractivity contribution in [1.29, 1.82) is 0 Å². The molecule has 0 aromatic rings. The fourth-order valence-corrected chi connectivity index (χ4v) is 2.69. The minimum atomic E-state index is -0.835. The zero-order chi connectivity index (χ0) is 13.8. The lowest BCUT2D eigenvalue weighted by Crippen LogP contribution is -2.39. The van der Waals surface area contributed by atoms with Gasteiger partial charge in [-0.05, 0) is 38.5 Å². The first kappa shape index (κ1) is 14.3. The molecule has 5 heteroatoms. The van der Waals surface area contributed by atoms with Crippen LogP contribution in [0.4, 0.5) is 0 Å². The van der Waals surface area contributed by atoms with E-state index < -0.39 is 5.97 Å². The second-order valence-corrected chi connectivity index (χ2v) is 5.58. The van der Waals surface area contributed by atoms with Crippen LogP contribution >= 0.6 is 0 Å². The van der Waals surface area contributed by atoms with E-state index in [1.807, 2.05) is 6.92 Å². The summed E-state index contributed by atoms with van der Waals surface area (Å²) in [6, 6.07) is 0.301. The maximum atomic E-state index is 12.2. The second kappa shape index (κ2) is 6.37. The third-order valence-electron chi connectivity index (χ3n) is 3.93. The van der Waals surface area contributed by atoms with Crippen molar-refractivity contribution in [2.75, 3.05) is 13.2 Å². The molecule has 2 aliphatic rings. The van der Waals surface area contributed by atoms with Gasteiger partial charge in [-0.2, -0.15) is 0 Å². The van der Waals surface area contributed by atoms with Crippen molar-refractivity contribution >= 4 is 11.9 Å². The maximum Gasteiger partial charge on any atom is 0.305 e. The van der Waals surface area contributed by atoms with Crippen molar-refractivity contribution in [1.82, 2.24) is 4.90 Å². The second-order valence-electron chi connectivity index (χ2n) is 5.58. The molecule has 0 aromatic heterocycles. The van der Waals surface area contributed by atoms with Crippen LogP contribution in [0.1, 0.15) is 45.4 Å². The molecule has 0 aromatic carbocycles. The fraction of sp³-hybridized carbons (Fsp3) is 0.857. The Kier molecular flexibility index (Phi) is 4.80. The van der Waals surface area contributed by atoms with Crippen molar-refractivity contribution < 1.29 is 19.4 Å². The Hall–Kier alpha value is -1.10. The number of carboxylic acids is 1. The van der Waals surface area contributed by atoms with Crippen LogP contribution in [0.15, 0.2) is 0 Å². The Balaban J connectivity index is 1.72. The van der Waals surface area contributed by atoms with Gasteiger partial charge < -0.3 is 14.7 Å². The lowest BCUT2D eigenvalue weighted by Gasteiger charge is -2.35. The van der Waals surface area contributed by atoms with E-state index in [1.165, 1.54) is 0 Å². The fourth-order valence-electron chi connectivity index (χ4n) is 2.69. The number of carbonyl (C=O) groups is 2. The number of nitrogens with zero attached hydrogens (tertiary/aromatic N) is 1. The van der Waals surface area contributed by atoms with Gasteiger partial charge in [0, 0.05) is 25.6 Å². The molecule has 0 bridgehead atoms. The van der Waals surface area contributed by atoms with Crippen LogP contribution in [0.5, 0.6) is 0 Å². The van der Waals surface area contributed by atoms with Crippen LogP contribution < -0.4 is 0 Å². The number of hydrogen-bond donors (Lipinski definition) is 1. The Labute approximate surface area is 113 Å². The standard InChI is InChI=1S/C14H23NO4/c1-2-19-12-7-10(8-12)9-13(16)15(11-3-4-11)6-5-14(17)18/h10-12H,2-9H2,1H3,(H,17,18). The highest BCUT2D eigenvalue weighted by atomic mass is 16.5. The highest BCUT2D eigenvalue weighted by Crippen LogP contribution is 2.35. The monoisotopic (exact) mass is 269 g/mol. The molecule has 2 aliphatic carbocycles. The van der Waals surface area contributed by atoms with E-state index in [9.17, 15) is 9.59 Å². The summed E-state index contributed by atoms with van der Waals surface area (Å²) in [5.41, 5.74) is 0. The average Bonchev–Trinajstić information content (AvgIpc) is 3.10. The summed E-state index contributed by atoms with van der Waals surface area (Å²) < 4.78 is 5.49. The molecule has 2 fully saturated rings. The molecule has 2 saturated carbocycles. The lowest BCUT2D eigenvalue weighted by molar-refractivity contribution is -0.139. The van der Waals surface area contributed by atoms with Gasteiger partial charge in [0.05, 0.1) is 12.5 Å². The number of hydrogen-bond acceptors (Lipinski definition) is 3. The van der Waals surface area contributed by atoms with Gasteiger partial charge in [0.1, 0.15) is 0 Å². The smallest absolute Gasteiger partial charge is 0.305 e. The molecule has 108 valence electrons. The molecule has 1 N–H and O–H groups in total. The van der Waals surface area contributed by atoms with E-state index in [4.69, 9.17) is 9.84 Å². The minimum Gasteiger partial charge on any atom is -0.481 e. The molecule has 2 rings (SSSR count). The van der Waals surface area contributed by atoms with Crippen molar-refractivity contribution in [2.45, 2.75) is 57.6 Å². The SMILES string of the molecule is CCOC1CC(CC(=O)N(CCC(=O)O)C2CC2)C1. The molecule has 0 unspecified atom stereocenters. The number of carboxylic acid groups (broad SMARTS) is 1. The highest BCUT2D eigenvalue weighted by Gasteiger charge is 2.36. The topological polar surface area (TPSA) is 66.8 Å². The Morgan fingerprint density at radius 2 is 2.00 bits per heavy atom. The highest BCUT2D eigenvalue weighted by molar-refractivity contribution is 5.78. The summed E-state index contributed by atoms with van der Waals surface area (Å²) in [5, 5.41) is 8.72. The molecule has 0 saturated heterocycles. The molecule has 1 amide bonds. The van der Waals surface area contributed by atoms with Crippen LogP contribution in [-0.2, 0) is 14.3 Å². The molecule has 0 spiro atoms. The van der Waals surface area contributed by atoms with Crippen molar-refractivity contribution in [3.8, 4) is 0 Å². The van der Waals surface area contributed by atoms with Gasteiger partial charge >= 0.3 is 5.97 Å². The van der Waals surface area contributed by atoms with E-state index in [1.54, 1.807) is 4.90 Å². The van der Waals surface area contributed by atoms with E-state index >= 15 is 0 Å². The first-order valence-electron chi connectivity index (χ1n) is 7.23. The molecule has 5 nitrogen and oxygen atoms in total. The third kappa shape index (κ3) is 4.20. The van der Waals surface area contributed by atoms with Crippen molar-refractivity contribution in [2.24, 2.45) is 5.92 Å². The third-order valence-corrected chi connectivity index (χ3v) is 3.93. The number of amides is 1. The predicted octanol–water partition coefficient (Wildman–Crippen LogP) is 1.66. The first-order valence-corrected chi connectivity index (χ1v) is 7.23. The lowest BCUT2D eigenvalue weighted by atomic mass is 9.79. The normalized spacial score (nSPS) is 25.7. The largest absolute Gasteiger partial charge is 0.481 e. The minimum absolute atomic E-state index is 0.0501. The van der Waals surface area contributed by atoms with E-state index in [-0.39, 0.29) is 12.3 Å². The predicted molar refractivity (Wildman–Crippen MR) is 69.7 cm³/mol. The van der Waals surface area contributed by atoms with Gasteiger partial charge in [0.2, 0.25) is 5.91 Å². The molecular weight excluding hydrogens is 246 g/mol. The van der Waals surface area contributed by atoms with Gasteiger partial charge in [-0.25, -0.2) is 0 Å². The van der Waals surface area contributed by atoms with Gasteiger partial charge in [0.15, 0.2) is 0 Å². The Morgan fingerprint density at radius 3 is 2.53 bits per heavy atom. The van der Waals surface area contributed by atoms with Gasteiger partial charge in [-0.15, -0.1) is 0 Å². The zero-order valence-corrected chi connectivity index (χ0v) is 11.5. The van der Waals surface area contributed by atoms with E-state index in [0.29, 0.717) is 31.0 Å². The van der Waals surface area contributed by atoms with Crippen LogP contribution in [0.3, 0.4) is 0 Å². The van der Waals surface area contributed by atoms with Gasteiger partial charge in [-0.1, -0.05) is 0 Å². The molecule has 0 atom stereocenters. The first-order chi connectivity index (χ1) is 9.10. The van der Waals surface area contributed by atoms with Crippen molar-refractivity contribution in [3.63, 3.8) is 0 Å². The molecule has 0 heterocycles. The van der Waals surface area contributed by atoms with E-state index in [2.05, 4.69) is 0 Å². The van der Waals surface area contributed by atoms with Crippen LogP contribution in [0, 0.1) is 5.92 Å². The molecular formula is C14H23NO4. The number of ether oxygens (including phenoxy) is 1. The van der Waals surface area contributed by atoms with Crippen LogP contribution in [-0.4, -0.2) is 47.2 Å². The Morgan fingerprint density at radius 1 is 1.32 bits per heavy atom. The van der Waals surface area contributed by atoms with Crippen molar-refractivity contribution in [3.05, 3.63) is 0 Å². The number of rotatable bonds is 8. The maximum absolute atomic E-state index is 12.2. The summed E-state index contributed by atoms with van der Waals surface area (Å²) in [6.45, 7) is 3.08. The molecule has 0 radical (unpaired) electrons. The summed E-state index contributed by atoms with van der Waals surface area (Å²) >= 11 is 0.